The van der Waals surface area contributed by atoms with Gasteiger partial charge in [-0.2, -0.15) is 0 Å². The minimum atomic E-state index is -0.916. The van der Waals surface area contributed by atoms with Gasteiger partial charge in [0.2, 0.25) is 5.91 Å². The quantitative estimate of drug-likeness (QED) is 0.694. The highest BCUT2D eigenvalue weighted by atomic mass is 16.4. The monoisotopic (exact) mass is 326 g/mol. The molecule has 0 atom stereocenters. The standard InChI is InChI=1S/C19H22N2O3/c1-2-3-18(22)21-17-10-6-15(7-11-17)13-20-12-14-4-8-16(9-5-14)19(23)24/h4-11,20H,2-3,12-13H2,1H3,(H,21,22)(H,23,24). The molecule has 2 aromatic rings. The Bertz CT molecular complexity index is 679. The zero-order chi connectivity index (χ0) is 17.4. The fraction of sp³-hybridized carbons (Fsp3) is 0.263. The first-order chi connectivity index (χ1) is 11.6. The van der Waals surface area contributed by atoms with Crippen molar-refractivity contribution in [3.63, 3.8) is 0 Å². The van der Waals surface area contributed by atoms with Crippen molar-refractivity contribution in [2.24, 2.45) is 0 Å². The molecule has 0 spiro atoms. The highest BCUT2D eigenvalue weighted by Gasteiger charge is 2.02. The van der Waals surface area contributed by atoms with E-state index in [1.807, 2.05) is 43.3 Å². The van der Waals surface area contributed by atoms with Crippen molar-refractivity contribution >= 4 is 17.6 Å². The normalized spacial score (nSPS) is 10.4. The molecule has 3 N–H and O–H groups in total. The lowest BCUT2D eigenvalue weighted by molar-refractivity contribution is -0.116. The SMILES string of the molecule is CCCC(=O)Nc1ccc(CNCc2ccc(C(=O)O)cc2)cc1. The summed E-state index contributed by atoms with van der Waals surface area (Å²) >= 11 is 0. The second kappa shape index (κ2) is 8.84. The summed E-state index contributed by atoms with van der Waals surface area (Å²) in [6.07, 6.45) is 1.37. The second-order valence-electron chi connectivity index (χ2n) is 5.60. The summed E-state index contributed by atoms with van der Waals surface area (Å²) in [5, 5.41) is 15.0. The third-order valence-electron chi connectivity index (χ3n) is 3.57. The molecule has 0 heterocycles. The van der Waals surface area contributed by atoms with Crippen LogP contribution >= 0.6 is 0 Å². The van der Waals surface area contributed by atoms with Crippen LogP contribution < -0.4 is 10.6 Å². The molecular weight excluding hydrogens is 304 g/mol. The van der Waals surface area contributed by atoms with Gasteiger partial charge >= 0.3 is 5.97 Å². The van der Waals surface area contributed by atoms with Crippen molar-refractivity contribution in [1.29, 1.82) is 0 Å². The van der Waals surface area contributed by atoms with E-state index in [1.54, 1.807) is 12.1 Å². The van der Waals surface area contributed by atoms with Crippen molar-refractivity contribution in [3.8, 4) is 0 Å². The molecule has 1 amide bonds. The van der Waals surface area contributed by atoms with Gasteiger partial charge in [0.15, 0.2) is 0 Å². The van der Waals surface area contributed by atoms with Crippen molar-refractivity contribution in [2.45, 2.75) is 32.9 Å². The Morgan fingerprint density at radius 1 is 0.917 bits per heavy atom. The minimum absolute atomic E-state index is 0.0354. The van der Waals surface area contributed by atoms with Crippen LogP contribution in [0.25, 0.3) is 0 Å². The Hall–Kier alpha value is -2.66. The number of carboxylic acid groups (broad SMARTS) is 1. The molecule has 5 nitrogen and oxygen atoms in total. The molecule has 2 rings (SSSR count). The predicted octanol–water partition coefficient (Wildman–Crippen LogP) is 3.41. The van der Waals surface area contributed by atoms with Gasteiger partial charge in [0, 0.05) is 25.2 Å². The maximum absolute atomic E-state index is 11.5. The number of benzene rings is 2. The van der Waals surface area contributed by atoms with E-state index < -0.39 is 5.97 Å². The number of rotatable bonds is 8. The average Bonchev–Trinajstić information content (AvgIpc) is 2.57. The number of carboxylic acids is 1. The van der Waals surface area contributed by atoms with Crippen LogP contribution in [0.3, 0.4) is 0 Å². The van der Waals surface area contributed by atoms with Gasteiger partial charge in [-0.1, -0.05) is 31.2 Å². The van der Waals surface area contributed by atoms with Crippen LogP contribution in [-0.2, 0) is 17.9 Å². The molecule has 0 aromatic heterocycles. The van der Waals surface area contributed by atoms with Crippen LogP contribution in [0.4, 0.5) is 5.69 Å². The Morgan fingerprint density at radius 2 is 1.46 bits per heavy atom. The lowest BCUT2D eigenvalue weighted by atomic mass is 10.1. The lowest BCUT2D eigenvalue weighted by Gasteiger charge is -2.08. The summed E-state index contributed by atoms with van der Waals surface area (Å²) in [5.74, 6) is -0.881. The van der Waals surface area contributed by atoms with Crippen LogP contribution in [0.15, 0.2) is 48.5 Å². The largest absolute Gasteiger partial charge is 0.478 e. The fourth-order valence-corrected chi connectivity index (χ4v) is 2.27. The van der Waals surface area contributed by atoms with E-state index in [9.17, 15) is 9.59 Å². The number of amides is 1. The van der Waals surface area contributed by atoms with Gasteiger partial charge in [-0.05, 0) is 41.8 Å². The summed E-state index contributed by atoms with van der Waals surface area (Å²) < 4.78 is 0. The van der Waals surface area contributed by atoms with Gasteiger partial charge in [0.1, 0.15) is 0 Å². The Labute approximate surface area is 141 Å². The maximum Gasteiger partial charge on any atom is 0.335 e. The van der Waals surface area contributed by atoms with Crippen LogP contribution in [0.5, 0.6) is 0 Å². The summed E-state index contributed by atoms with van der Waals surface area (Å²) in [7, 11) is 0. The Morgan fingerprint density at radius 3 is 1.96 bits per heavy atom. The van der Waals surface area contributed by atoms with E-state index in [0.717, 1.165) is 23.2 Å². The Balaban J connectivity index is 1.79. The topological polar surface area (TPSA) is 78.4 Å². The fourth-order valence-electron chi connectivity index (χ4n) is 2.27. The maximum atomic E-state index is 11.5. The molecule has 0 aliphatic carbocycles. The number of nitrogens with one attached hydrogen (secondary N) is 2. The summed E-state index contributed by atoms with van der Waals surface area (Å²) in [6, 6.07) is 14.6. The first-order valence-electron chi connectivity index (χ1n) is 8.00. The molecule has 5 heteroatoms. The van der Waals surface area contributed by atoms with Gasteiger partial charge in [-0.15, -0.1) is 0 Å². The number of hydrogen-bond acceptors (Lipinski definition) is 3. The molecule has 2 aromatic carbocycles. The molecule has 0 aliphatic rings. The smallest absolute Gasteiger partial charge is 0.335 e. The van der Waals surface area contributed by atoms with Gasteiger partial charge in [0.25, 0.3) is 0 Å². The zero-order valence-electron chi connectivity index (χ0n) is 13.7. The molecule has 0 saturated carbocycles. The van der Waals surface area contributed by atoms with Crippen LogP contribution in [0.2, 0.25) is 0 Å². The van der Waals surface area contributed by atoms with Gasteiger partial charge in [-0.25, -0.2) is 4.79 Å². The van der Waals surface area contributed by atoms with Crippen molar-refractivity contribution in [2.75, 3.05) is 5.32 Å². The molecule has 24 heavy (non-hydrogen) atoms. The zero-order valence-corrected chi connectivity index (χ0v) is 13.7. The highest BCUT2D eigenvalue weighted by Crippen LogP contribution is 2.11. The van der Waals surface area contributed by atoms with E-state index in [2.05, 4.69) is 10.6 Å². The van der Waals surface area contributed by atoms with E-state index in [-0.39, 0.29) is 5.91 Å². The third-order valence-corrected chi connectivity index (χ3v) is 3.57. The molecule has 0 fully saturated rings. The first-order valence-corrected chi connectivity index (χ1v) is 8.00. The van der Waals surface area contributed by atoms with Gasteiger partial charge in [0.05, 0.1) is 5.56 Å². The van der Waals surface area contributed by atoms with E-state index in [1.165, 1.54) is 0 Å². The number of anilines is 1. The highest BCUT2D eigenvalue weighted by molar-refractivity contribution is 5.90. The molecular formula is C19H22N2O3. The number of hydrogen-bond donors (Lipinski definition) is 3. The van der Waals surface area contributed by atoms with Crippen molar-refractivity contribution < 1.29 is 14.7 Å². The van der Waals surface area contributed by atoms with Gasteiger partial charge < -0.3 is 15.7 Å². The number of carbonyl (C=O) groups excluding carboxylic acids is 1. The number of aromatic carboxylic acids is 1. The Kier molecular flexibility index (Phi) is 6.51. The third kappa shape index (κ3) is 5.52. The van der Waals surface area contributed by atoms with Crippen LogP contribution in [-0.4, -0.2) is 17.0 Å². The van der Waals surface area contributed by atoms with E-state index >= 15 is 0 Å². The van der Waals surface area contributed by atoms with Crippen molar-refractivity contribution in [1.82, 2.24) is 5.32 Å². The molecule has 0 bridgehead atoms. The first kappa shape index (κ1) is 17.7. The summed E-state index contributed by atoms with van der Waals surface area (Å²) in [6.45, 7) is 3.34. The molecule has 0 unspecified atom stereocenters. The predicted molar refractivity (Wildman–Crippen MR) is 93.9 cm³/mol. The molecule has 126 valence electrons. The van der Waals surface area contributed by atoms with Gasteiger partial charge in [-0.3, -0.25) is 4.79 Å². The van der Waals surface area contributed by atoms with Crippen LogP contribution in [0.1, 0.15) is 41.3 Å². The number of carbonyl (C=O) groups is 2. The van der Waals surface area contributed by atoms with E-state index in [0.29, 0.717) is 25.1 Å². The summed E-state index contributed by atoms with van der Waals surface area (Å²) in [4.78, 5) is 22.3. The molecule has 0 aliphatic heterocycles. The summed E-state index contributed by atoms with van der Waals surface area (Å²) in [5.41, 5.74) is 3.25. The minimum Gasteiger partial charge on any atom is -0.478 e. The lowest BCUT2D eigenvalue weighted by Crippen LogP contribution is -2.13. The molecule has 0 saturated heterocycles. The molecule has 0 radical (unpaired) electrons. The average molecular weight is 326 g/mol. The van der Waals surface area contributed by atoms with Crippen molar-refractivity contribution in [3.05, 3.63) is 65.2 Å². The van der Waals surface area contributed by atoms with E-state index in [4.69, 9.17) is 5.11 Å². The second-order valence-corrected chi connectivity index (χ2v) is 5.60. The van der Waals surface area contributed by atoms with Crippen LogP contribution in [0, 0.1) is 0 Å².